The van der Waals surface area contributed by atoms with Crippen LogP contribution in [0.15, 0.2) is 102 Å². The molecule has 0 saturated carbocycles. The number of rotatable bonds is 12. The van der Waals surface area contributed by atoms with Crippen molar-refractivity contribution in [1.82, 2.24) is 10.2 Å². The Morgan fingerprint density at radius 3 is 2.78 bits per heavy atom. The van der Waals surface area contributed by atoms with Crippen LogP contribution in [-0.4, -0.2) is 24.5 Å². The smallest absolute Gasteiger partial charge is 0.0376 e. The molecule has 192 valence electrons. The molecular formula is C34H46N2. The zero-order valence-electron chi connectivity index (χ0n) is 23.0. The number of fused-ring (bicyclic) bond motifs is 1. The molecule has 36 heavy (non-hydrogen) atoms. The summed E-state index contributed by atoms with van der Waals surface area (Å²) in [5.74, 6) is 0. The lowest BCUT2D eigenvalue weighted by atomic mass is 9.90. The maximum atomic E-state index is 4.22. The van der Waals surface area contributed by atoms with E-state index in [9.17, 15) is 0 Å². The van der Waals surface area contributed by atoms with Crippen LogP contribution in [0.25, 0.3) is 0 Å². The van der Waals surface area contributed by atoms with Gasteiger partial charge >= 0.3 is 0 Å². The number of nitrogens with zero attached hydrogens (tertiary/aromatic N) is 1. The van der Waals surface area contributed by atoms with Crippen molar-refractivity contribution in [2.45, 2.75) is 72.3 Å². The number of benzene rings is 1. The minimum Gasteiger partial charge on any atom is -0.385 e. The van der Waals surface area contributed by atoms with E-state index in [1.54, 1.807) is 0 Å². The van der Waals surface area contributed by atoms with Crippen molar-refractivity contribution in [1.29, 1.82) is 0 Å². The summed E-state index contributed by atoms with van der Waals surface area (Å²) in [6, 6.07) is 7.48. The van der Waals surface area contributed by atoms with E-state index in [1.807, 2.05) is 6.08 Å². The molecule has 0 amide bonds. The van der Waals surface area contributed by atoms with Crippen LogP contribution in [-0.2, 0) is 12.8 Å². The Bertz CT molecular complexity index is 1060. The molecule has 0 fully saturated rings. The second-order valence-corrected chi connectivity index (χ2v) is 9.75. The van der Waals surface area contributed by atoms with Crippen LogP contribution in [0, 0.1) is 0 Å². The largest absolute Gasteiger partial charge is 0.385 e. The molecule has 2 nitrogen and oxygen atoms in total. The first-order valence-electron chi connectivity index (χ1n) is 13.9. The van der Waals surface area contributed by atoms with Crippen LogP contribution in [0.5, 0.6) is 0 Å². The highest BCUT2D eigenvalue weighted by molar-refractivity contribution is 5.47. The summed E-state index contributed by atoms with van der Waals surface area (Å²) in [5.41, 5.74) is 9.52. The van der Waals surface area contributed by atoms with Crippen LogP contribution in [0.4, 0.5) is 0 Å². The molecule has 1 atom stereocenters. The third-order valence-corrected chi connectivity index (χ3v) is 7.23. The molecule has 1 aromatic rings. The third-order valence-electron chi connectivity index (χ3n) is 7.23. The summed E-state index contributed by atoms with van der Waals surface area (Å²) >= 11 is 0. The third kappa shape index (κ3) is 7.58. The highest BCUT2D eigenvalue weighted by Gasteiger charge is 2.25. The maximum absolute atomic E-state index is 4.22. The summed E-state index contributed by atoms with van der Waals surface area (Å²) < 4.78 is 0. The van der Waals surface area contributed by atoms with Gasteiger partial charge in [-0.15, -0.1) is 0 Å². The molecule has 1 unspecified atom stereocenters. The fourth-order valence-electron chi connectivity index (χ4n) is 5.16. The Morgan fingerprint density at radius 2 is 2.08 bits per heavy atom. The van der Waals surface area contributed by atoms with Crippen LogP contribution >= 0.6 is 0 Å². The van der Waals surface area contributed by atoms with Crippen molar-refractivity contribution in [2.75, 3.05) is 19.6 Å². The first-order chi connectivity index (χ1) is 17.6. The molecule has 2 heteroatoms. The Kier molecular flexibility index (Phi) is 11.3. The van der Waals surface area contributed by atoms with Gasteiger partial charge in [-0.25, -0.2) is 0 Å². The molecule has 1 heterocycles. The number of hydrogen-bond donors (Lipinski definition) is 1. The number of aryl methyl sites for hydroxylation is 1. The minimum absolute atomic E-state index is 0.409. The molecule has 0 saturated heterocycles. The monoisotopic (exact) mass is 482 g/mol. The summed E-state index contributed by atoms with van der Waals surface area (Å²) in [6.45, 7) is 16.1. The fraction of sp³-hybridized carbons (Fsp3) is 0.412. The van der Waals surface area contributed by atoms with Gasteiger partial charge < -0.3 is 5.32 Å². The summed E-state index contributed by atoms with van der Waals surface area (Å²) in [6.07, 6.45) is 26.6. The molecule has 1 aliphatic heterocycles. The van der Waals surface area contributed by atoms with E-state index in [-0.39, 0.29) is 0 Å². The average Bonchev–Trinajstić information content (AvgIpc) is 2.91. The second kappa shape index (κ2) is 14.7. The molecule has 2 aliphatic rings. The molecule has 0 spiro atoms. The molecule has 1 N–H and O–H groups in total. The van der Waals surface area contributed by atoms with E-state index < -0.39 is 0 Å². The zero-order chi connectivity index (χ0) is 25.8. The first-order valence-corrected chi connectivity index (χ1v) is 13.9. The predicted molar refractivity (Wildman–Crippen MR) is 158 cm³/mol. The van der Waals surface area contributed by atoms with Gasteiger partial charge in [-0.3, -0.25) is 4.90 Å². The number of allylic oxidation sites excluding steroid dienone is 8. The Hall–Kier alpha value is -2.84. The van der Waals surface area contributed by atoms with Gasteiger partial charge in [-0.2, -0.15) is 0 Å². The van der Waals surface area contributed by atoms with Crippen LogP contribution in [0.3, 0.4) is 0 Å². The van der Waals surface area contributed by atoms with Gasteiger partial charge in [0.1, 0.15) is 0 Å². The molecule has 1 aromatic carbocycles. The highest BCUT2D eigenvalue weighted by atomic mass is 15.2. The van der Waals surface area contributed by atoms with Crippen molar-refractivity contribution in [3.63, 3.8) is 0 Å². The van der Waals surface area contributed by atoms with E-state index >= 15 is 0 Å². The highest BCUT2D eigenvalue weighted by Crippen LogP contribution is 2.32. The van der Waals surface area contributed by atoms with Gasteiger partial charge in [0.2, 0.25) is 0 Å². The second-order valence-electron chi connectivity index (χ2n) is 9.75. The number of nitrogens with one attached hydrogen (secondary N) is 1. The molecule has 0 aromatic heterocycles. The van der Waals surface area contributed by atoms with Crippen molar-refractivity contribution in [3.05, 3.63) is 119 Å². The van der Waals surface area contributed by atoms with Gasteiger partial charge in [0, 0.05) is 36.9 Å². The van der Waals surface area contributed by atoms with E-state index in [0.29, 0.717) is 6.04 Å². The van der Waals surface area contributed by atoms with E-state index in [2.05, 4.69) is 111 Å². The standard InChI is InChI=1S/C34H46N2/c1-6-15-31(26-36-24-22-30-21-20-28(8-3)25-33(30)27(36)5)32(9-4)34(16-7-2)35-23-14-13-19-29-17-11-10-12-18-29/h6,9,11,13,15-21,25,27,35H,4,7-8,10,12,14,22-24,26H2,1-3,5H3/b15-6-,19-13+,32-31-,34-16+. The lowest BCUT2D eigenvalue weighted by Crippen LogP contribution is -2.35. The van der Waals surface area contributed by atoms with Gasteiger partial charge in [-0.05, 0) is 80.2 Å². The van der Waals surface area contributed by atoms with Crippen LogP contribution < -0.4 is 5.32 Å². The Morgan fingerprint density at radius 1 is 1.22 bits per heavy atom. The summed E-state index contributed by atoms with van der Waals surface area (Å²) in [5, 5.41) is 3.72. The minimum atomic E-state index is 0.409. The quantitative estimate of drug-likeness (QED) is 0.238. The fourth-order valence-corrected chi connectivity index (χ4v) is 5.16. The maximum Gasteiger partial charge on any atom is 0.0376 e. The van der Waals surface area contributed by atoms with E-state index in [0.717, 1.165) is 58.2 Å². The molecule has 1 aliphatic carbocycles. The van der Waals surface area contributed by atoms with Crippen molar-refractivity contribution >= 4 is 0 Å². The van der Waals surface area contributed by atoms with Crippen LogP contribution in [0.2, 0.25) is 0 Å². The number of hydrogen-bond acceptors (Lipinski definition) is 2. The van der Waals surface area contributed by atoms with Crippen LogP contribution in [0.1, 0.15) is 76.1 Å². The SMILES string of the molecule is C=CC(=C(\C=C/C)CN1CCc2ccc(CC)cc2C1C)/C(=C\CC)NCC/C=C/C1=CCCC=C1. The lowest BCUT2D eigenvalue weighted by molar-refractivity contribution is 0.217. The van der Waals surface area contributed by atoms with Gasteiger partial charge in [0.15, 0.2) is 0 Å². The zero-order valence-corrected chi connectivity index (χ0v) is 23.0. The Balaban J connectivity index is 1.75. The lowest BCUT2D eigenvalue weighted by Gasteiger charge is -2.36. The first kappa shape index (κ1) is 27.7. The van der Waals surface area contributed by atoms with E-state index in [4.69, 9.17) is 0 Å². The Labute approximate surface area is 220 Å². The molecule has 0 radical (unpaired) electrons. The van der Waals surface area contributed by atoms with Crippen molar-refractivity contribution in [2.24, 2.45) is 0 Å². The summed E-state index contributed by atoms with van der Waals surface area (Å²) in [4.78, 5) is 2.62. The van der Waals surface area contributed by atoms with Gasteiger partial charge in [0.25, 0.3) is 0 Å². The summed E-state index contributed by atoms with van der Waals surface area (Å²) in [7, 11) is 0. The normalized spacial score (nSPS) is 19.4. The van der Waals surface area contributed by atoms with Gasteiger partial charge in [-0.1, -0.05) is 93.3 Å². The van der Waals surface area contributed by atoms with Crippen molar-refractivity contribution < 1.29 is 0 Å². The molecular weight excluding hydrogens is 436 g/mol. The average molecular weight is 483 g/mol. The van der Waals surface area contributed by atoms with E-state index in [1.165, 1.54) is 39.1 Å². The molecule has 0 bridgehead atoms. The predicted octanol–water partition coefficient (Wildman–Crippen LogP) is 8.33. The van der Waals surface area contributed by atoms with Gasteiger partial charge in [0.05, 0.1) is 0 Å². The van der Waals surface area contributed by atoms with Crippen molar-refractivity contribution in [3.8, 4) is 0 Å². The topological polar surface area (TPSA) is 15.3 Å². The molecule has 3 rings (SSSR count).